The molecule has 2 aromatic heterocycles. The third-order valence-electron chi connectivity index (χ3n) is 10.0. The molecule has 0 spiro atoms. The van der Waals surface area contributed by atoms with E-state index in [-0.39, 0.29) is 25.6 Å². The smallest absolute Gasteiger partial charge is 0.382 e. The molecule has 48 heavy (non-hydrogen) atoms. The van der Waals surface area contributed by atoms with Gasteiger partial charge in [-0.3, -0.25) is 9.05 Å². The van der Waals surface area contributed by atoms with Crippen LogP contribution < -0.4 is 5.73 Å². The SMILES string of the molecule is CCCCCCCCCCCCCCCCCCCCOP(=O)(O)OC[C@@]1(C#N)C[C@@H](c2ccc3c(N)ncnn23)[C@@H]2OC(C)(C)O[C@@H]21. The number of nitrogen functional groups attached to an aromatic ring is 1. The number of fused-ring (bicyclic) bond motifs is 2. The van der Waals surface area contributed by atoms with Crippen molar-refractivity contribution in [1.82, 2.24) is 14.6 Å². The highest BCUT2D eigenvalue weighted by molar-refractivity contribution is 7.47. The highest BCUT2D eigenvalue weighted by Crippen LogP contribution is 2.57. The number of unbranched alkanes of at least 4 members (excludes halogenated alkanes) is 17. The summed E-state index contributed by atoms with van der Waals surface area (Å²) in [6, 6.07) is 6.08. The van der Waals surface area contributed by atoms with Crippen LogP contribution in [0.15, 0.2) is 18.5 Å². The largest absolute Gasteiger partial charge is 0.472 e. The molecule has 3 heterocycles. The number of aromatic nitrogens is 3. The number of nitriles is 1. The Morgan fingerprint density at radius 2 is 1.50 bits per heavy atom. The number of phosphoric acid groups is 1. The van der Waals surface area contributed by atoms with Gasteiger partial charge < -0.3 is 20.1 Å². The maximum atomic E-state index is 12.8. The monoisotopic (exact) mass is 689 g/mol. The van der Waals surface area contributed by atoms with Crippen LogP contribution in [0.3, 0.4) is 0 Å². The first-order valence-electron chi connectivity index (χ1n) is 18.6. The van der Waals surface area contributed by atoms with Gasteiger partial charge in [0.25, 0.3) is 0 Å². The molecule has 0 bridgehead atoms. The minimum Gasteiger partial charge on any atom is -0.382 e. The average Bonchev–Trinajstić information content (AvgIpc) is 3.71. The third-order valence-corrected chi connectivity index (χ3v) is 11.0. The summed E-state index contributed by atoms with van der Waals surface area (Å²) in [6.07, 6.45) is 23.4. The Kier molecular flexibility index (Phi) is 15.2. The van der Waals surface area contributed by atoms with Crippen molar-refractivity contribution in [2.75, 3.05) is 18.9 Å². The van der Waals surface area contributed by atoms with Gasteiger partial charge in [-0.1, -0.05) is 116 Å². The van der Waals surface area contributed by atoms with E-state index in [2.05, 4.69) is 23.1 Å². The second kappa shape index (κ2) is 18.8. The van der Waals surface area contributed by atoms with Gasteiger partial charge in [0.05, 0.1) is 25.4 Å². The van der Waals surface area contributed by atoms with E-state index in [1.807, 2.05) is 12.1 Å². The van der Waals surface area contributed by atoms with Crippen LogP contribution in [0.4, 0.5) is 5.82 Å². The molecule has 1 saturated carbocycles. The summed E-state index contributed by atoms with van der Waals surface area (Å²) in [4.78, 5) is 14.5. The van der Waals surface area contributed by atoms with Crippen LogP contribution in [-0.4, -0.2) is 50.7 Å². The van der Waals surface area contributed by atoms with Crippen LogP contribution >= 0.6 is 7.82 Å². The molecule has 1 aliphatic heterocycles. The zero-order valence-corrected chi connectivity index (χ0v) is 30.5. The molecular formula is C36H60N5O6P. The first-order chi connectivity index (χ1) is 23.1. The molecule has 2 aromatic rings. The second-order valence-electron chi connectivity index (χ2n) is 14.4. The van der Waals surface area contributed by atoms with E-state index in [0.717, 1.165) is 18.5 Å². The van der Waals surface area contributed by atoms with Crippen LogP contribution in [0.1, 0.15) is 154 Å². The van der Waals surface area contributed by atoms with Gasteiger partial charge >= 0.3 is 7.82 Å². The van der Waals surface area contributed by atoms with Crippen LogP contribution in [0.5, 0.6) is 0 Å². The minimum atomic E-state index is -4.38. The lowest BCUT2D eigenvalue weighted by atomic mass is 9.85. The Balaban J connectivity index is 1.10. The molecule has 4 rings (SSSR count). The Morgan fingerprint density at radius 3 is 2.06 bits per heavy atom. The van der Waals surface area contributed by atoms with E-state index in [0.29, 0.717) is 17.8 Å². The van der Waals surface area contributed by atoms with E-state index in [1.54, 1.807) is 18.4 Å². The fourth-order valence-electron chi connectivity index (χ4n) is 7.36. The number of phosphoric ester groups is 1. The van der Waals surface area contributed by atoms with Gasteiger partial charge in [-0.15, -0.1) is 0 Å². The number of rotatable bonds is 24. The van der Waals surface area contributed by atoms with Crippen LogP contribution in [0.25, 0.3) is 5.52 Å². The molecule has 1 unspecified atom stereocenters. The van der Waals surface area contributed by atoms with Crippen LogP contribution in [0, 0.1) is 16.7 Å². The number of nitrogens with two attached hydrogens (primary N) is 1. The Labute approximate surface area is 287 Å². The molecule has 0 radical (unpaired) electrons. The highest BCUT2D eigenvalue weighted by atomic mass is 31.2. The molecule has 1 saturated heterocycles. The van der Waals surface area contributed by atoms with Crippen LogP contribution in [-0.2, 0) is 23.1 Å². The molecular weight excluding hydrogens is 629 g/mol. The van der Waals surface area contributed by atoms with E-state index < -0.39 is 31.2 Å². The summed E-state index contributed by atoms with van der Waals surface area (Å²) in [7, 11) is -4.38. The maximum Gasteiger partial charge on any atom is 0.472 e. The number of nitrogens with zero attached hydrogens (tertiary/aromatic N) is 4. The predicted molar refractivity (Wildman–Crippen MR) is 187 cm³/mol. The quantitative estimate of drug-likeness (QED) is 0.0806. The topological polar surface area (TPSA) is 154 Å². The van der Waals surface area contributed by atoms with Crippen molar-refractivity contribution in [1.29, 1.82) is 5.26 Å². The Morgan fingerprint density at radius 1 is 0.938 bits per heavy atom. The predicted octanol–water partition coefficient (Wildman–Crippen LogP) is 9.00. The lowest BCUT2D eigenvalue weighted by Crippen LogP contribution is -2.38. The van der Waals surface area contributed by atoms with Gasteiger partial charge in [0.15, 0.2) is 11.6 Å². The minimum absolute atomic E-state index is 0.130. The second-order valence-corrected chi connectivity index (χ2v) is 15.8. The zero-order chi connectivity index (χ0) is 34.5. The van der Waals surface area contributed by atoms with Crippen molar-refractivity contribution >= 4 is 19.2 Å². The van der Waals surface area contributed by atoms with Crippen molar-refractivity contribution in [2.24, 2.45) is 5.41 Å². The van der Waals surface area contributed by atoms with Crippen molar-refractivity contribution in [3.05, 3.63) is 24.2 Å². The molecule has 270 valence electrons. The fraction of sp³-hybridized carbons (Fsp3) is 0.806. The summed E-state index contributed by atoms with van der Waals surface area (Å²) < 4.78 is 37.8. The van der Waals surface area contributed by atoms with Gasteiger partial charge in [0.2, 0.25) is 0 Å². The van der Waals surface area contributed by atoms with Gasteiger partial charge in [-0.2, -0.15) is 10.4 Å². The first kappa shape index (κ1) is 38.7. The summed E-state index contributed by atoms with van der Waals surface area (Å²) in [5.41, 5.74) is 6.26. The normalized spacial score (nSPS) is 24.5. The standard InChI is InChI=1S/C36H60N5O6P/c1-4-5-6-7-8-9-10-11-12-13-14-15-16-17-18-19-20-21-24-44-48(42,43)45-27-36(26-37)25-29(32-33(36)47-35(2,3)46-32)30-22-23-31-34(38)39-28-40-41(30)31/h22-23,28-29,32-33H,4-21,24-25,27H2,1-3H3,(H,42,43)(H2,38,39,40)/t29-,32-,33-,36-/m0/s1. The van der Waals surface area contributed by atoms with Gasteiger partial charge in [-0.25, -0.2) is 14.1 Å². The molecule has 0 amide bonds. The van der Waals surface area contributed by atoms with Crippen molar-refractivity contribution in [3.8, 4) is 6.07 Å². The summed E-state index contributed by atoms with van der Waals surface area (Å²) in [5.74, 6) is -0.892. The Hall–Kier alpha value is -2.06. The number of ether oxygens (including phenoxy) is 2. The van der Waals surface area contributed by atoms with Crippen molar-refractivity contribution in [3.63, 3.8) is 0 Å². The number of hydrogen-bond donors (Lipinski definition) is 2. The fourth-order valence-corrected chi connectivity index (χ4v) is 8.19. The van der Waals surface area contributed by atoms with Crippen LogP contribution in [0.2, 0.25) is 0 Å². The van der Waals surface area contributed by atoms with Gasteiger partial charge in [0, 0.05) is 11.6 Å². The summed E-state index contributed by atoms with van der Waals surface area (Å²) in [5, 5.41) is 14.8. The molecule has 2 fully saturated rings. The third kappa shape index (κ3) is 11.0. The van der Waals surface area contributed by atoms with Gasteiger partial charge in [-0.05, 0) is 38.8 Å². The van der Waals surface area contributed by atoms with E-state index in [4.69, 9.17) is 24.3 Å². The molecule has 0 aromatic carbocycles. The molecule has 5 atom stereocenters. The molecule has 3 N–H and O–H groups in total. The number of anilines is 1. The maximum absolute atomic E-state index is 12.8. The van der Waals surface area contributed by atoms with Gasteiger partial charge in [0.1, 0.15) is 23.4 Å². The first-order valence-corrected chi connectivity index (χ1v) is 20.1. The van der Waals surface area contributed by atoms with E-state index >= 15 is 0 Å². The molecule has 11 nitrogen and oxygen atoms in total. The zero-order valence-electron chi connectivity index (χ0n) is 29.6. The van der Waals surface area contributed by atoms with E-state index in [9.17, 15) is 14.7 Å². The molecule has 2 aliphatic rings. The Bertz CT molecular complexity index is 1350. The summed E-state index contributed by atoms with van der Waals surface area (Å²) >= 11 is 0. The average molecular weight is 690 g/mol. The molecule has 1 aliphatic carbocycles. The summed E-state index contributed by atoms with van der Waals surface area (Å²) in [6.45, 7) is 5.66. The van der Waals surface area contributed by atoms with E-state index in [1.165, 1.54) is 103 Å². The number of hydrogen-bond acceptors (Lipinski definition) is 9. The lowest BCUT2D eigenvalue weighted by molar-refractivity contribution is -0.164. The van der Waals surface area contributed by atoms with Crippen molar-refractivity contribution in [2.45, 2.75) is 167 Å². The molecule has 12 heteroatoms. The highest BCUT2D eigenvalue weighted by Gasteiger charge is 2.63. The van der Waals surface area contributed by atoms with Crippen molar-refractivity contribution < 1.29 is 28.0 Å². The lowest BCUT2D eigenvalue weighted by Gasteiger charge is -2.29.